The fourth-order valence-electron chi connectivity index (χ4n) is 2.73. The Morgan fingerprint density at radius 1 is 1.33 bits per heavy atom. The number of benzene rings is 1. The lowest BCUT2D eigenvalue weighted by Gasteiger charge is -2.28. The molecule has 0 unspecified atom stereocenters. The van der Waals surface area contributed by atoms with Crippen molar-refractivity contribution in [2.75, 3.05) is 7.11 Å². The Morgan fingerprint density at radius 3 is 2.67 bits per heavy atom. The Hall–Kier alpha value is -1.64. The molecule has 0 amide bonds. The monoisotopic (exact) mass is 246 g/mol. The highest BCUT2D eigenvalue weighted by atomic mass is 16.5. The molecule has 1 aliphatic rings. The lowest BCUT2D eigenvalue weighted by molar-refractivity contribution is -0.144. The van der Waals surface area contributed by atoms with Crippen LogP contribution in [0.15, 0.2) is 30.3 Å². The normalized spacial score (nSPS) is 21.4. The summed E-state index contributed by atoms with van der Waals surface area (Å²) in [7, 11) is 1.41. The summed E-state index contributed by atoms with van der Waals surface area (Å²) in [6, 6.07) is 9.61. The van der Waals surface area contributed by atoms with Crippen molar-refractivity contribution < 1.29 is 14.3 Å². The summed E-state index contributed by atoms with van der Waals surface area (Å²) in [5, 5.41) is 0. The topological polar surface area (TPSA) is 43.4 Å². The third kappa shape index (κ3) is 2.78. The van der Waals surface area contributed by atoms with Crippen molar-refractivity contribution in [1.82, 2.24) is 0 Å². The van der Waals surface area contributed by atoms with Gasteiger partial charge in [0, 0.05) is 12.8 Å². The fourth-order valence-corrected chi connectivity index (χ4v) is 2.73. The van der Waals surface area contributed by atoms with Crippen molar-refractivity contribution >= 4 is 11.8 Å². The van der Waals surface area contributed by atoms with Gasteiger partial charge in [-0.1, -0.05) is 30.3 Å². The number of hydrogen-bond acceptors (Lipinski definition) is 3. The van der Waals surface area contributed by atoms with Crippen LogP contribution in [0.2, 0.25) is 0 Å². The van der Waals surface area contributed by atoms with Crippen LogP contribution in [0, 0.1) is 5.92 Å². The zero-order valence-electron chi connectivity index (χ0n) is 10.6. The number of ketones is 1. The van der Waals surface area contributed by atoms with Gasteiger partial charge >= 0.3 is 5.97 Å². The van der Waals surface area contributed by atoms with E-state index in [0.29, 0.717) is 12.8 Å². The summed E-state index contributed by atoms with van der Waals surface area (Å²) in [6.07, 6.45) is 2.94. The first-order valence-corrected chi connectivity index (χ1v) is 6.37. The quantitative estimate of drug-likeness (QED) is 0.770. The van der Waals surface area contributed by atoms with Crippen LogP contribution in [0.5, 0.6) is 0 Å². The molecular formula is C15H18O3. The van der Waals surface area contributed by atoms with Gasteiger partial charge in [0.15, 0.2) is 0 Å². The first-order valence-electron chi connectivity index (χ1n) is 6.37. The van der Waals surface area contributed by atoms with E-state index in [1.54, 1.807) is 0 Å². The second-order valence-electron chi connectivity index (χ2n) is 4.81. The number of Topliss-reactive ketones (excluding diaryl/α,β-unsaturated/α-hetero) is 1. The smallest absolute Gasteiger partial charge is 0.313 e. The van der Waals surface area contributed by atoms with Crippen molar-refractivity contribution in [2.45, 2.75) is 31.6 Å². The summed E-state index contributed by atoms with van der Waals surface area (Å²) in [4.78, 5) is 23.6. The zero-order chi connectivity index (χ0) is 13.0. The van der Waals surface area contributed by atoms with Crippen molar-refractivity contribution in [1.29, 1.82) is 0 Å². The molecule has 2 atom stereocenters. The molecular weight excluding hydrogens is 228 g/mol. The highest BCUT2D eigenvalue weighted by Crippen LogP contribution is 2.35. The average Bonchev–Trinajstić information content (AvgIpc) is 2.40. The number of esters is 1. The lowest BCUT2D eigenvalue weighted by atomic mass is 9.76. The first-order chi connectivity index (χ1) is 8.72. The van der Waals surface area contributed by atoms with Crippen LogP contribution >= 0.6 is 0 Å². The molecule has 3 heteroatoms. The van der Waals surface area contributed by atoms with Gasteiger partial charge in [-0.25, -0.2) is 0 Å². The second-order valence-corrected chi connectivity index (χ2v) is 4.81. The molecule has 1 fully saturated rings. The minimum Gasteiger partial charge on any atom is -0.469 e. The van der Waals surface area contributed by atoms with E-state index in [-0.39, 0.29) is 23.6 Å². The Labute approximate surface area is 107 Å². The summed E-state index contributed by atoms with van der Waals surface area (Å²) in [5.74, 6) is -0.196. The number of methoxy groups -OCH3 is 1. The number of hydrogen-bond donors (Lipinski definition) is 0. The fraction of sp³-hybridized carbons (Fsp3) is 0.467. The van der Waals surface area contributed by atoms with Gasteiger partial charge in [0.1, 0.15) is 5.78 Å². The maximum absolute atomic E-state index is 12.0. The number of ether oxygens (including phenoxy) is 1. The van der Waals surface area contributed by atoms with Gasteiger partial charge in [-0.15, -0.1) is 0 Å². The van der Waals surface area contributed by atoms with E-state index in [4.69, 9.17) is 4.74 Å². The van der Waals surface area contributed by atoms with Gasteiger partial charge in [-0.2, -0.15) is 0 Å². The second kappa shape index (κ2) is 5.80. The summed E-state index contributed by atoms with van der Waals surface area (Å²) < 4.78 is 4.90. The van der Waals surface area contributed by atoms with Gasteiger partial charge < -0.3 is 4.74 Å². The predicted octanol–water partition coefficient (Wildman–Crippen LogP) is 2.70. The molecule has 1 saturated carbocycles. The highest BCUT2D eigenvalue weighted by molar-refractivity contribution is 5.83. The Bertz CT molecular complexity index is 425. The molecule has 0 N–H and O–H groups in total. The Morgan fingerprint density at radius 2 is 2.06 bits per heavy atom. The zero-order valence-corrected chi connectivity index (χ0v) is 10.6. The van der Waals surface area contributed by atoms with Gasteiger partial charge in [0.25, 0.3) is 0 Å². The summed E-state index contributed by atoms with van der Waals surface area (Å²) in [6.45, 7) is 0. The van der Waals surface area contributed by atoms with E-state index < -0.39 is 0 Å². The highest BCUT2D eigenvalue weighted by Gasteiger charge is 2.33. The molecule has 0 heterocycles. The molecule has 0 aromatic heterocycles. The van der Waals surface area contributed by atoms with Crippen molar-refractivity contribution in [3.8, 4) is 0 Å². The molecule has 2 rings (SSSR count). The van der Waals surface area contributed by atoms with E-state index >= 15 is 0 Å². The molecule has 0 radical (unpaired) electrons. The SMILES string of the molecule is COC(=O)[C@@H](c1ccccc1)[C@@H]1CCCC(=O)C1. The van der Waals surface area contributed by atoms with Crippen LogP contribution < -0.4 is 0 Å². The molecule has 0 saturated heterocycles. The number of rotatable bonds is 3. The third-order valence-electron chi connectivity index (χ3n) is 3.61. The third-order valence-corrected chi connectivity index (χ3v) is 3.61. The maximum atomic E-state index is 12.0. The van der Waals surface area contributed by atoms with E-state index in [1.165, 1.54) is 7.11 Å². The van der Waals surface area contributed by atoms with Crippen LogP contribution in [-0.2, 0) is 14.3 Å². The van der Waals surface area contributed by atoms with Crippen LogP contribution in [0.3, 0.4) is 0 Å². The molecule has 18 heavy (non-hydrogen) atoms. The molecule has 0 bridgehead atoms. The maximum Gasteiger partial charge on any atom is 0.313 e. The molecule has 1 aliphatic carbocycles. The molecule has 0 aliphatic heterocycles. The van der Waals surface area contributed by atoms with Gasteiger partial charge in [0.05, 0.1) is 13.0 Å². The number of carbonyl (C=O) groups excluding carboxylic acids is 2. The standard InChI is InChI=1S/C15H18O3/c1-18-15(17)14(11-6-3-2-4-7-11)12-8-5-9-13(16)10-12/h2-4,6-7,12,14H,5,8-10H2,1H3/t12-,14+/m1/s1. The van der Waals surface area contributed by atoms with Crippen molar-refractivity contribution in [3.63, 3.8) is 0 Å². The van der Waals surface area contributed by atoms with E-state index in [0.717, 1.165) is 18.4 Å². The van der Waals surface area contributed by atoms with E-state index in [2.05, 4.69) is 0 Å². The predicted molar refractivity (Wildman–Crippen MR) is 68.2 cm³/mol. The summed E-state index contributed by atoms with van der Waals surface area (Å²) in [5.41, 5.74) is 0.948. The number of carbonyl (C=O) groups is 2. The first kappa shape index (κ1) is 12.8. The van der Waals surface area contributed by atoms with E-state index in [9.17, 15) is 9.59 Å². The Balaban J connectivity index is 2.25. The molecule has 0 spiro atoms. The van der Waals surface area contributed by atoms with Gasteiger partial charge in [-0.3, -0.25) is 9.59 Å². The average molecular weight is 246 g/mol. The van der Waals surface area contributed by atoms with Crippen LogP contribution in [0.25, 0.3) is 0 Å². The van der Waals surface area contributed by atoms with Crippen molar-refractivity contribution in [3.05, 3.63) is 35.9 Å². The van der Waals surface area contributed by atoms with Gasteiger partial charge in [0.2, 0.25) is 0 Å². The molecule has 96 valence electrons. The van der Waals surface area contributed by atoms with Crippen LogP contribution in [-0.4, -0.2) is 18.9 Å². The van der Waals surface area contributed by atoms with Crippen LogP contribution in [0.1, 0.15) is 37.2 Å². The minimum absolute atomic E-state index is 0.0844. The lowest BCUT2D eigenvalue weighted by Crippen LogP contribution is -2.27. The molecule has 1 aromatic carbocycles. The van der Waals surface area contributed by atoms with Crippen molar-refractivity contribution in [2.24, 2.45) is 5.92 Å². The van der Waals surface area contributed by atoms with E-state index in [1.807, 2.05) is 30.3 Å². The summed E-state index contributed by atoms with van der Waals surface area (Å²) >= 11 is 0. The largest absolute Gasteiger partial charge is 0.469 e. The molecule has 1 aromatic rings. The Kier molecular flexibility index (Phi) is 4.13. The van der Waals surface area contributed by atoms with Gasteiger partial charge in [-0.05, 0) is 24.3 Å². The van der Waals surface area contributed by atoms with Crippen LogP contribution in [0.4, 0.5) is 0 Å². The minimum atomic E-state index is -0.305. The molecule has 3 nitrogen and oxygen atoms in total.